The normalized spacial score (nSPS) is 10.4. The van der Waals surface area contributed by atoms with Gasteiger partial charge >= 0.3 is 0 Å². The van der Waals surface area contributed by atoms with Crippen LogP contribution in [0.5, 0.6) is 0 Å². The fourth-order valence-electron chi connectivity index (χ4n) is 2.72. The minimum atomic E-state index is -0.345. The summed E-state index contributed by atoms with van der Waals surface area (Å²) in [5.41, 5.74) is 5.33. The Bertz CT molecular complexity index is 1010. The molecule has 1 heterocycles. The van der Waals surface area contributed by atoms with Gasteiger partial charge in [0.1, 0.15) is 11.4 Å². The van der Waals surface area contributed by atoms with Crippen LogP contribution in [0.4, 0.5) is 5.69 Å². The lowest BCUT2D eigenvalue weighted by Gasteiger charge is -2.10. The van der Waals surface area contributed by atoms with Crippen LogP contribution in [0.1, 0.15) is 43.2 Å². The summed E-state index contributed by atoms with van der Waals surface area (Å²) in [6, 6.07) is 18.6. The Morgan fingerprint density at radius 3 is 2.18 bits per heavy atom. The van der Waals surface area contributed by atoms with E-state index in [-0.39, 0.29) is 23.2 Å². The van der Waals surface area contributed by atoms with Crippen molar-refractivity contribution < 1.29 is 9.59 Å². The molecule has 0 saturated heterocycles. The van der Waals surface area contributed by atoms with Crippen LogP contribution >= 0.6 is 0 Å². The summed E-state index contributed by atoms with van der Waals surface area (Å²) in [5, 5.41) is 5.70. The molecule has 142 valence electrons. The second-order valence-corrected chi connectivity index (χ2v) is 6.85. The smallest absolute Gasteiger partial charge is 0.274 e. The highest BCUT2D eigenvalue weighted by Crippen LogP contribution is 2.17. The lowest BCUT2D eigenvalue weighted by molar-refractivity contribution is 0.0945. The lowest BCUT2D eigenvalue weighted by Crippen LogP contribution is -2.25. The van der Waals surface area contributed by atoms with E-state index in [1.807, 2.05) is 63.2 Å². The van der Waals surface area contributed by atoms with Crippen molar-refractivity contribution in [1.29, 1.82) is 0 Å². The Hall–Kier alpha value is -3.47. The Morgan fingerprint density at radius 2 is 1.46 bits per heavy atom. The molecule has 2 aromatic carbocycles. The minimum Gasteiger partial charge on any atom is -0.347 e. The molecule has 0 radical (unpaired) electrons. The number of nitrogens with zero attached hydrogens (tertiary/aromatic N) is 1. The molecule has 0 fully saturated rings. The third-order valence-electron chi connectivity index (χ3n) is 4.43. The standard InChI is InChI=1S/C23H23N3O2/c1-15-8-11-18(12-9-15)14-24-22(27)19-5-4-6-20(25-19)23(28)26-21-13-16(2)7-10-17(21)3/h4-13H,14H2,1-3H3,(H,24,27)(H,26,28). The van der Waals surface area contributed by atoms with Crippen LogP contribution in [0.3, 0.4) is 0 Å². The number of benzene rings is 2. The van der Waals surface area contributed by atoms with E-state index >= 15 is 0 Å². The van der Waals surface area contributed by atoms with Crippen LogP contribution in [0.15, 0.2) is 60.7 Å². The molecule has 3 aromatic rings. The van der Waals surface area contributed by atoms with E-state index in [4.69, 9.17) is 0 Å². The summed E-state index contributed by atoms with van der Waals surface area (Å²) in [6.07, 6.45) is 0. The number of aryl methyl sites for hydroxylation is 3. The van der Waals surface area contributed by atoms with Gasteiger partial charge in [-0.3, -0.25) is 9.59 Å². The van der Waals surface area contributed by atoms with Gasteiger partial charge in [0.25, 0.3) is 11.8 Å². The number of rotatable bonds is 5. The van der Waals surface area contributed by atoms with Gasteiger partial charge in [0.05, 0.1) is 0 Å². The number of amides is 2. The van der Waals surface area contributed by atoms with Gasteiger partial charge in [-0.25, -0.2) is 4.98 Å². The number of aromatic nitrogens is 1. The molecule has 5 nitrogen and oxygen atoms in total. The summed E-state index contributed by atoms with van der Waals surface area (Å²) in [5.74, 6) is -0.663. The molecule has 0 aliphatic heterocycles. The maximum absolute atomic E-state index is 12.6. The molecule has 0 bridgehead atoms. The first-order valence-corrected chi connectivity index (χ1v) is 9.12. The third kappa shape index (κ3) is 4.82. The van der Waals surface area contributed by atoms with Gasteiger partial charge in [0.2, 0.25) is 0 Å². The van der Waals surface area contributed by atoms with Crippen LogP contribution in [-0.4, -0.2) is 16.8 Å². The zero-order chi connectivity index (χ0) is 20.1. The molecule has 5 heteroatoms. The van der Waals surface area contributed by atoms with Gasteiger partial charge in [0, 0.05) is 12.2 Å². The molecule has 0 unspecified atom stereocenters. The predicted octanol–water partition coefficient (Wildman–Crippen LogP) is 4.19. The summed E-state index contributed by atoms with van der Waals surface area (Å²) >= 11 is 0. The summed E-state index contributed by atoms with van der Waals surface area (Å²) < 4.78 is 0. The van der Waals surface area contributed by atoms with Crippen molar-refractivity contribution in [2.24, 2.45) is 0 Å². The molecule has 0 spiro atoms. The molecule has 0 saturated carbocycles. The molecule has 0 aliphatic carbocycles. The van der Waals surface area contributed by atoms with Crippen molar-refractivity contribution >= 4 is 17.5 Å². The molecule has 2 N–H and O–H groups in total. The second-order valence-electron chi connectivity index (χ2n) is 6.85. The highest BCUT2D eigenvalue weighted by molar-refractivity contribution is 6.04. The van der Waals surface area contributed by atoms with Gasteiger partial charge in [0.15, 0.2) is 0 Å². The number of hydrogen-bond donors (Lipinski definition) is 2. The largest absolute Gasteiger partial charge is 0.347 e. The SMILES string of the molecule is Cc1ccc(CNC(=O)c2cccc(C(=O)Nc3cc(C)ccc3C)n2)cc1. The van der Waals surface area contributed by atoms with E-state index in [0.717, 1.165) is 22.4 Å². The van der Waals surface area contributed by atoms with Gasteiger partial charge in [-0.2, -0.15) is 0 Å². The van der Waals surface area contributed by atoms with E-state index in [9.17, 15) is 9.59 Å². The van der Waals surface area contributed by atoms with E-state index in [1.165, 1.54) is 5.56 Å². The first kappa shape index (κ1) is 19.3. The highest BCUT2D eigenvalue weighted by Gasteiger charge is 2.13. The Balaban J connectivity index is 1.68. The summed E-state index contributed by atoms with van der Waals surface area (Å²) in [4.78, 5) is 29.2. The first-order valence-electron chi connectivity index (χ1n) is 9.12. The summed E-state index contributed by atoms with van der Waals surface area (Å²) in [7, 11) is 0. The minimum absolute atomic E-state index is 0.198. The lowest BCUT2D eigenvalue weighted by atomic mass is 10.1. The Labute approximate surface area is 164 Å². The van der Waals surface area contributed by atoms with E-state index in [0.29, 0.717) is 6.54 Å². The topological polar surface area (TPSA) is 71.1 Å². The van der Waals surface area contributed by atoms with Crippen molar-refractivity contribution in [2.45, 2.75) is 27.3 Å². The fourth-order valence-corrected chi connectivity index (χ4v) is 2.72. The van der Waals surface area contributed by atoms with Gasteiger partial charge < -0.3 is 10.6 Å². The van der Waals surface area contributed by atoms with Crippen LogP contribution in [0.2, 0.25) is 0 Å². The van der Waals surface area contributed by atoms with Crippen LogP contribution in [0, 0.1) is 20.8 Å². The summed E-state index contributed by atoms with van der Waals surface area (Å²) in [6.45, 7) is 6.31. The molecule has 1 aromatic heterocycles. The van der Waals surface area contributed by atoms with E-state index in [2.05, 4.69) is 15.6 Å². The Morgan fingerprint density at radius 1 is 0.821 bits per heavy atom. The van der Waals surface area contributed by atoms with E-state index in [1.54, 1.807) is 18.2 Å². The van der Waals surface area contributed by atoms with Crippen molar-refractivity contribution in [3.8, 4) is 0 Å². The number of carbonyl (C=O) groups excluding carboxylic acids is 2. The molecule has 0 aliphatic rings. The average Bonchev–Trinajstić information content (AvgIpc) is 2.70. The van der Waals surface area contributed by atoms with Gasteiger partial charge in [-0.1, -0.05) is 48.0 Å². The highest BCUT2D eigenvalue weighted by atomic mass is 16.2. The number of carbonyl (C=O) groups is 2. The first-order chi connectivity index (χ1) is 13.4. The van der Waals surface area contributed by atoms with Gasteiger partial charge in [-0.05, 0) is 55.7 Å². The quantitative estimate of drug-likeness (QED) is 0.704. The zero-order valence-electron chi connectivity index (χ0n) is 16.2. The number of anilines is 1. The van der Waals surface area contributed by atoms with Crippen LogP contribution in [-0.2, 0) is 6.54 Å². The maximum Gasteiger partial charge on any atom is 0.274 e. The zero-order valence-corrected chi connectivity index (χ0v) is 16.2. The third-order valence-corrected chi connectivity index (χ3v) is 4.43. The van der Waals surface area contributed by atoms with Crippen molar-refractivity contribution in [2.75, 3.05) is 5.32 Å². The molecule has 0 atom stereocenters. The number of hydrogen-bond acceptors (Lipinski definition) is 3. The monoisotopic (exact) mass is 373 g/mol. The molecule has 3 rings (SSSR count). The van der Waals surface area contributed by atoms with Crippen molar-refractivity contribution in [3.63, 3.8) is 0 Å². The molecular weight excluding hydrogens is 350 g/mol. The predicted molar refractivity (Wildman–Crippen MR) is 110 cm³/mol. The van der Waals surface area contributed by atoms with Crippen LogP contribution < -0.4 is 10.6 Å². The second kappa shape index (κ2) is 8.48. The molecular formula is C23H23N3O2. The fraction of sp³-hybridized carbons (Fsp3) is 0.174. The van der Waals surface area contributed by atoms with Gasteiger partial charge in [-0.15, -0.1) is 0 Å². The molecule has 2 amide bonds. The van der Waals surface area contributed by atoms with Crippen molar-refractivity contribution in [1.82, 2.24) is 10.3 Å². The average molecular weight is 373 g/mol. The Kier molecular flexibility index (Phi) is 5.84. The van der Waals surface area contributed by atoms with Crippen molar-refractivity contribution in [3.05, 3.63) is 94.3 Å². The number of pyridine rings is 1. The van der Waals surface area contributed by atoms with E-state index < -0.39 is 0 Å². The van der Waals surface area contributed by atoms with Crippen LogP contribution in [0.25, 0.3) is 0 Å². The maximum atomic E-state index is 12.6. The molecule has 28 heavy (non-hydrogen) atoms. The number of nitrogens with one attached hydrogen (secondary N) is 2.